The lowest BCUT2D eigenvalue weighted by molar-refractivity contribution is -0.347. The van der Waals surface area contributed by atoms with Crippen molar-refractivity contribution < 1.29 is 17.4 Å². The van der Waals surface area contributed by atoms with Crippen LogP contribution in [0.2, 0.25) is 5.15 Å². The first-order valence-electron chi connectivity index (χ1n) is 4.10. The van der Waals surface area contributed by atoms with Crippen molar-refractivity contribution >= 4 is 22.8 Å². The number of hydrogen-bond donors (Lipinski definition) is 1. The number of aromatic amines is 2. The van der Waals surface area contributed by atoms with Crippen molar-refractivity contribution in [1.29, 1.82) is 0 Å². The predicted molar refractivity (Wildman–Crippen MR) is 49.5 cm³/mol. The van der Waals surface area contributed by atoms with Crippen molar-refractivity contribution in [3.63, 3.8) is 0 Å². The molecule has 2 aromatic rings. The molecule has 0 fully saturated rings. The van der Waals surface area contributed by atoms with Crippen LogP contribution < -0.4 is 17.4 Å². The summed E-state index contributed by atoms with van der Waals surface area (Å²) in [7, 11) is 0. The highest BCUT2D eigenvalue weighted by atomic mass is 35.5. The highest BCUT2D eigenvalue weighted by molar-refractivity contribution is 6.33. The van der Waals surface area contributed by atoms with E-state index in [0.717, 1.165) is 17.0 Å². The number of aromatic nitrogens is 4. The van der Waals surface area contributed by atoms with Crippen LogP contribution in [0, 0.1) is 0 Å². The molecular weight excluding hydrogens is 223 g/mol. The summed E-state index contributed by atoms with van der Waals surface area (Å²) in [5, 5.41) is 0.468. The van der Waals surface area contributed by atoms with Crippen LogP contribution in [0.1, 0.15) is 25.6 Å². The minimum atomic E-state index is 0. The molecule has 0 amide bonds. The number of imidazole rings is 1. The fourth-order valence-corrected chi connectivity index (χ4v) is 1.35. The number of nitrogens with one attached hydrogen (secondary N) is 2. The molecule has 0 aliphatic rings. The molecule has 0 bridgehead atoms. The van der Waals surface area contributed by atoms with Gasteiger partial charge in [0.2, 0.25) is 11.3 Å². The molecule has 2 N–H and O–H groups in total. The third-order valence-electron chi connectivity index (χ3n) is 1.82. The van der Waals surface area contributed by atoms with Crippen LogP contribution in [-0.4, -0.2) is 15.0 Å². The van der Waals surface area contributed by atoms with E-state index in [-0.39, 0.29) is 18.3 Å². The van der Waals surface area contributed by atoms with Gasteiger partial charge in [-0.1, -0.05) is 30.4 Å². The van der Waals surface area contributed by atoms with Crippen molar-refractivity contribution in [2.24, 2.45) is 0 Å². The van der Waals surface area contributed by atoms with Gasteiger partial charge in [0.15, 0.2) is 11.5 Å². The molecule has 76 valence electrons. The smallest absolute Gasteiger partial charge is 0.304 e. The lowest BCUT2D eigenvalue weighted by Gasteiger charge is -1.97. The Morgan fingerprint density at radius 3 is 2.79 bits per heavy atom. The standard InChI is InChI=1S/C8H9ClN4.ClH/c1-4(2)7-12-6(9)5-8(13-7)11-3-10-5;/h3-4H,1-2H3,(H,10,11,12,13);1H. The fraction of sp³-hybridized carbons (Fsp3) is 0.375. The number of fused-ring (bicyclic) bond motifs is 1. The average molecular weight is 233 g/mol. The molecule has 14 heavy (non-hydrogen) atoms. The van der Waals surface area contributed by atoms with E-state index in [9.17, 15) is 0 Å². The molecule has 2 rings (SSSR count). The SMILES string of the molecule is CC(C)c1nc(Cl)c2[nH]c[nH+]c2n1.[Cl-]. The molecule has 0 saturated carbocycles. The zero-order valence-corrected chi connectivity index (χ0v) is 9.32. The maximum atomic E-state index is 5.95. The molecule has 2 aromatic heterocycles. The highest BCUT2D eigenvalue weighted by Gasteiger charge is 2.15. The molecule has 0 aliphatic carbocycles. The summed E-state index contributed by atoms with van der Waals surface area (Å²) in [6.45, 7) is 4.06. The molecule has 0 saturated heterocycles. The molecular formula is C8H10Cl2N4. The summed E-state index contributed by atoms with van der Waals surface area (Å²) in [4.78, 5) is 14.4. The van der Waals surface area contributed by atoms with Gasteiger partial charge in [-0.15, -0.1) is 0 Å². The van der Waals surface area contributed by atoms with E-state index in [1.54, 1.807) is 6.33 Å². The molecule has 0 aliphatic heterocycles. The molecule has 0 unspecified atom stereocenters. The van der Waals surface area contributed by atoms with E-state index < -0.39 is 0 Å². The summed E-state index contributed by atoms with van der Waals surface area (Å²) >= 11 is 5.95. The second-order valence-corrected chi connectivity index (χ2v) is 3.54. The van der Waals surface area contributed by atoms with Gasteiger partial charge >= 0.3 is 5.65 Å². The number of halogens is 2. The topological polar surface area (TPSA) is 55.7 Å². The molecule has 0 aromatic carbocycles. The maximum Gasteiger partial charge on any atom is 0.304 e. The number of rotatable bonds is 1. The second-order valence-electron chi connectivity index (χ2n) is 3.18. The third kappa shape index (κ3) is 1.81. The van der Waals surface area contributed by atoms with E-state index >= 15 is 0 Å². The van der Waals surface area contributed by atoms with Crippen LogP contribution in [-0.2, 0) is 0 Å². The van der Waals surface area contributed by atoms with E-state index in [1.165, 1.54) is 0 Å². The zero-order chi connectivity index (χ0) is 9.42. The van der Waals surface area contributed by atoms with Crippen LogP contribution in [0.5, 0.6) is 0 Å². The van der Waals surface area contributed by atoms with E-state index in [4.69, 9.17) is 11.6 Å². The maximum absolute atomic E-state index is 5.95. The van der Waals surface area contributed by atoms with Crippen LogP contribution in [0.15, 0.2) is 6.33 Å². The Bertz CT molecular complexity index is 438. The van der Waals surface area contributed by atoms with Gasteiger partial charge in [-0.3, -0.25) is 4.98 Å². The largest absolute Gasteiger partial charge is 1.00 e. The van der Waals surface area contributed by atoms with E-state index in [0.29, 0.717) is 5.15 Å². The summed E-state index contributed by atoms with van der Waals surface area (Å²) in [5.74, 6) is 1.04. The Kier molecular flexibility index (Phi) is 3.29. The summed E-state index contributed by atoms with van der Waals surface area (Å²) in [6.07, 6.45) is 1.69. The fourth-order valence-electron chi connectivity index (χ4n) is 1.12. The minimum absolute atomic E-state index is 0. The quantitative estimate of drug-likeness (QED) is 0.613. The summed E-state index contributed by atoms with van der Waals surface area (Å²) in [6, 6.07) is 0. The Hall–Kier alpha value is -0.870. The Balaban J connectivity index is 0.000000980. The molecule has 0 radical (unpaired) electrons. The first-order chi connectivity index (χ1) is 6.18. The molecule has 2 heterocycles. The normalized spacial score (nSPS) is 10.6. The summed E-state index contributed by atoms with van der Waals surface area (Å²) in [5.41, 5.74) is 1.51. The van der Waals surface area contributed by atoms with E-state index in [2.05, 4.69) is 19.9 Å². The van der Waals surface area contributed by atoms with Crippen molar-refractivity contribution in [2.75, 3.05) is 0 Å². The Morgan fingerprint density at radius 1 is 1.43 bits per heavy atom. The van der Waals surface area contributed by atoms with Gasteiger partial charge in [0.05, 0.1) is 0 Å². The Morgan fingerprint density at radius 2 is 2.14 bits per heavy atom. The first kappa shape index (κ1) is 11.2. The van der Waals surface area contributed by atoms with Gasteiger partial charge in [-0.05, 0) is 0 Å². The van der Waals surface area contributed by atoms with Crippen molar-refractivity contribution in [1.82, 2.24) is 15.0 Å². The molecule has 0 atom stereocenters. The number of H-pyrrole nitrogens is 2. The van der Waals surface area contributed by atoms with E-state index in [1.807, 2.05) is 13.8 Å². The van der Waals surface area contributed by atoms with Gasteiger partial charge in [0.1, 0.15) is 0 Å². The van der Waals surface area contributed by atoms with Gasteiger partial charge in [-0.25, -0.2) is 9.97 Å². The zero-order valence-electron chi connectivity index (χ0n) is 7.81. The van der Waals surface area contributed by atoms with Crippen molar-refractivity contribution in [2.45, 2.75) is 19.8 Å². The van der Waals surface area contributed by atoms with Crippen molar-refractivity contribution in [3.05, 3.63) is 17.3 Å². The van der Waals surface area contributed by atoms with Crippen LogP contribution in [0.3, 0.4) is 0 Å². The molecule has 4 nitrogen and oxygen atoms in total. The monoisotopic (exact) mass is 232 g/mol. The first-order valence-corrected chi connectivity index (χ1v) is 4.48. The predicted octanol–water partition coefficient (Wildman–Crippen LogP) is -1.45. The van der Waals surface area contributed by atoms with Crippen LogP contribution >= 0.6 is 11.6 Å². The lowest BCUT2D eigenvalue weighted by atomic mass is 10.2. The lowest BCUT2D eigenvalue weighted by Crippen LogP contribution is -3.00. The van der Waals surface area contributed by atoms with Crippen LogP contribution in [0.25, 0.3) is 11.2 Å². The number of hydrogen-bond acceptors (Lipinski definition) is 2. The van der Waals surface area contributed by atoms with Crippen molar-refractivity contribution in [3.8, 4) is 0 Å². The average Bonchev–Trinajstić information content (AvgIpc) is 2.51. The van der Waals surface area contributed by atoms with Gasteiger partial charge < -0.3 is 12.4 Å². The second kappa shape index (κ2) is 4.11. The number of nitrogens with zero attached hydrogens (tertiary/aromatic N) is 2. The van der Waals surface area contributed by atoms with Gasteiger partial charge in [-0.2, -0.15) is 0 Å². The molecule has 0 spiro atoms. The van der Waals surface area contributed by atoms with Gasteiger partial charge in [0.25, 0.3) is 0 Å². The highest BCUT2D eigenvalue weighted by Crippen LogP contribution is 2.18. The summed E-state index contributed by atoms with van der Waals surface area (Å²) < 4.78 is 0. The third-order valence-corrected chi connectivity index (χ3v) is 2.10. The minimum Gasteiger partial charge on any atom is -1.00 e. The van der Waals surface area contributed by atoms with Gasteiger partial charge in [0, 0.05) is 5.92 Å². The molecule has 6 heteroatoms. The van der Waals surface area contributed by atoms with Crippen LogP contribution in [0.4, 0.5) is 0 Å². The Labute approximate surface area is 92.5 Å².